The average molecular weight is 247 g/mol. The summed E-state index contributed by atoms with van der Waals surface area (Å²) in [5, 5.41) is 0. The molecule has 0 amide bonds. The summed E-state index contributed by atoms with van der Waals surface area (Å²) >= 11 is 0. The Hall–Kier alpha value is -1.02. The van der Waals surface area contributed by atoms with Gasteiger partial charge in [-0.05, 0) is 69.4 Å². The summed E-state index contributed by atoms with van der Waals surface area (Å²) in [5.41, 5.74) is 1.46. The van der Waals surface area contributed by atoms with E-state index >= 15 is 0 Å². The van der Waals surface area contributed by atoms with E-state index in [2.05, 4.69) is 36.1 Å². The van der Waals surface area contributed by atoms with Crippen LogP contribution in [-0.2, 0) is 0 Å². The normalized spacial score (nSPS) is 17.9. The highest BCUT2D eigenvalue weighted by atomic mass is 16.5. The lowest BCUT2D eigenvalue weighted by Gasteiger charge is -2.32. The molecule has 2 nitrogen and oxygen atoms in total. The van der Waals surface area contributed by atoms with Crippen molar-refractivity contribution < 1.29 is 4.74 Å². The molecule has 0 bridgehead atoms. The van der Waals surface area contributed by atoms with Gasteiger partial charge in [-0.1, -0.05) is 19.1 Å². The van der Waals surface area contributed by atoms with Gasteiger partial charge in [0.15, 0.2) is 0 Å². The molecule has 0 N–H and O–H groups in total. The monoisotopic (exact) mass is 247 g/mol. The number of nitrogens with zero attached hydrogens (tertiary/aromatic N) is 1. The molecule has 1 heterocycles. The minimum atomic E-state index is 0.721. The van der Waals surface area contributed by atoms with Crippen molar-refractivity contribution in [1.82, 2.24) is 4.90 Å². The van der Waals surface area contributed by atoms with E-state index in [1.165, 1.54) is 44.5 Å². The molecule has 0 aliphatic carbocycles. The van der Waals surface area contributed by atoms with Gasteiger partial charge in [-0.15, -0.1) is 0 Å². The molecule has 1 fully saturated rings. The van der Waals surface area contributed by atoms with Gasteiger partial charge in [-0.3, -0.25) is 0 Å². The fourth-order valence-electron chi connectivity index (χ4n) is 2.83. The van der Waals surface area contributed by atoms with Crippen molar-refractivity contribution in [3.63, 3.8) is 0 Å². The first-order valence-electron chi connectivity index (χ1n) is 7.28. The molecule has 0 aromatic heterocycles. The van der Waals surface area contributed by atoms with Gasteiger partial charge < -0.3 is 9.64 Å². The molecule has 100 valence electrons. The van der Waals surface area contributed by atoms with Crippen LogP contribution in [0.25, 0.3) is 0 Å². The van der Waals surface area contributed by atoms with Crippen molar-refractivity contribution in [3.8, 4) is 5.75 Å². The molecule has 2 rings (SSSR count). The minimum Gasteiger partial charge on any atom is -0.494 e. The topological polar surface area (TPSA) is 12.5 Å². The molecule has 18 heavy (non-hydrogen) atoms. The van der Waals surface area contributed by atoms with Crippen LogP contribution in [0.1, 0.15) is 44.6 Å². The Morgan fingerprint density at radius 2 is 2.00 bits per heavy atom. The van der Waals surface area contributed by atoms with E-state index < -0.39 is 0 Å². The third kappa shape index (κ3) is 3.49. The van der Waals surface area contributed by atoms with Crippen LogP contribution >= 0.6 is 0 Å². The Balaban J connectivity index is 1.94. The summed E-state index contributed by atoms with van der Waals surface area (Å²) in [5.74, 6) is 1.74. The zero-order valence-corrected chi connectivity index (χ0v) is 11.7. The Labute approximate surface area is 111 Å². The molecule has 1 aliphatic rings. The van der Waals surface area contributed by atoms with E-state index in [1.54, 1.807) is 0 Å². The molecule has 0 atom stereocenters. The van der Waals surface area contributed by atoms with Crippen molar-refractivity contribution in [2.75, 3.05) is 26.2 Å². The Morgan fingerprint density at radius 3 is 2.67 bits per heavy atom. The maximum atomic E-state index is 5.59. The molecule has 0 saturated carbocycles. The summed E-state index contributed by atoms with van der Waals surface area (Å²) in [7, 11) is 0. The molecule has 1 aliphatic heterocycles. The van der Waals surface area contributed by atoms with E-state index in [0.717, 1.165) is 18.3 Å². The molecular formula is C16H25NO. The number of hydrogen-bond acceptors (Lipinski definition) is 2. The van der Waals surface area contributed by atoms with E-state index in [-0.39, 0.29) is 0 Å². The second-order valence-corrected chi connectivity index (χ2v) is 5.12. The maximum absolute atomic E-state index is 5.59. The van der Waals surface area contributed by atoms with E-state index in [1.807, 2.05) is 6.92 Å². The van der Waals surface area contributed by atoms with Crippen LogP contribution in [-0.4, -0.2) is 31.1 Å². The molecule has 1 saturated heterocycles. The van der Waals surface area contributed by atoms with Crippen LogP contribution in [0.3, 0.4) is 0 Å². The molecule has 1 aromatic rings. The predicted octanol–water partition coefficient (Wildman–Crippen LogP) is 3.67. The first-order valence-corrected chi connectivity index (χ1v) is 7.28. The molecule has 2 heteroatoms. The van der Waals surface area contributed by atoms with E-state index in [9.17, 15) is 0 Å². The first-order chi connectivity index (χ1) is 8.83. The average Bonchev–Trinajstić information content (AvgIpc) is 2.41. The summed E-state index contributed by atoms with van der Waals surface area (Å²) in [6.45, 7) is 8.80. The standard InChI is InChI=1S/C16H25NO/c1-3-10-17-11-8-14(9-12-17)15-6-5-7-16(13-15)18-4-2/h5-7,13-14H,3-4,8-12H2,1-2H3. The zero-order chi connectivity index (χ0) is 12.8. The number of benzene rings is 1. The Kier molecular flexibility index (Phi) is 5.06. The van der Waals surface area contributed by atoms with Gasteiger partial charge in [-0.25, -0.2) is 0 Å². The third-order valence-corrected chi connectivity index (χ3v) is 3.77. The predicted molar refractivity (Wildman–Crippen MR) is 76.3 cm³/mol. The highest BCUT2D eigenvalue weighted by Crippen LogP contribution is 2.30. The number of piperidine rings is 1. The van der Waals surface area contributed by atoms with E-state index in [0.29, 0.717) is 0 Å². The summed E-state index contributed by atoms with van der Waals surface area (Å²) in [6, 6.07) is 8.66. The lowest BCUT2D eigenvalue weighted by molar-refractivity contribution is 0.212. The lowest BCUT2D eigenvalue weighted by Crippen LogP contribution is -2.33. The van der Waals surface area contributed by atoms with Crippen molar-refractivity contribution in [3.05, 3.63) is 29.8 Å². The van der Waals surface area contributed by atoms with Gasteiger partial charge in [0.1, 0.15) is 5.75 Å². The number of ether oxygens (including phenoxy) is 1. The minimum absolute atomic E-state index is 0.721. The van der Waals surface area contributed by atoms with Crippen LogP contribution < -0.4 is 4.74 Å². The van der Waals surface area contributed by atoms with Gasteiger partial charge in [-0.2, -0.15) is 0 Å². The highest BCUT2D eigenvalue weighted by molar-refractivity contribution is 5.31. The van der Waals surface area contributed by atoms with Gasteiger partial charge in [0, 0.05) is 0 Å². The second-order valence-electron chi connectivity index (χ2n) is 5.12. The highest BCUT2D eigenvalue weighted by Gasteiger charge is 2.20. The largest absolute Gasteiger partial charge is 0.494 e. The molecule has 0 unspecified atom stereocenters. The van der Waals surface area contributed by atoms with Crippen LogP contribution in [0.5, 0.6) is 5.75 Å². The molecule has 0 spiro atoms. The number of rotatable bonds is 5. The van der Waals surface area contributed by atoms with Crippen LogP contribution in [0.15, 0.2) is 24.3 Å². The van der Waals surface area contributed by atoms with Crippen molar-refractivity contribution in [2.24, 2.45) is 0 Å². The van der Waals surface area contributed by atoms with Gasteiger partial charge >= 0.3 is 0 Å². The van der Waals surface area contributed by atoms with Crippen LogP contribution in [0.2, 0.25) is 0 Å². The fourth-order valence-corrected chi connectivity index (χ4v) is 2.83. The van der Waals surface area contributed by atoms with Crippen LogP contribution in [0.4, 0.5) is 0 Å². The molecule has 0 radical (unpaired) electrons. The lowest BCUT2D eigenvalue weighted by atomic mass is 9.89. The van der Waals surface area contributed by atoms with Gasteiger partial charge in [0.05, 0.1) is 6.61 Å². The smallest absolute Gasteiger partial charge is 0.119 e. The van der Waals surface area contributed by atoms with Crippen molar-refractivity contribution in [1.29, 1.82) is 0 Å². The van der Waals surface area contributed by atoms with Crippen molar-refractivity contribution >= 4 is 0 Å². The second kappa shape index (κ2) is 6.79. The maximum Gasteiger partial charge on any atom is 0.119 e. The molecule has 1 aromatic carbocycles. The number of hydrogen-bond donors (Lipinski definition) is 0. The summed E-state index contributed by atoms with van der Waals surface area (Å²) in [6.07, 6.45) is 3.84. The summed E-state index contributed by atoms with van der Waals surface area (Å²) < 4.78 is 5.59. The quantitative estimate of drug-likeness (QED) is 0.787. The SMILES string of the molecule is CCCN1CCC(c2cccc(OCC)c2)CC1. The fraction of sp³-hybridized carbons (Fsp3) is 0.625. The van der Waals surface area contributed by atoms with Crippen LogP contribution in [0, 0.1) is 0 Å². The van der Waals surface area contributed by atoms with Gasteiger partial charge in [0.25, 0.3) is 0 Å². The first kappa shape index (κ1) is 13.4. The summed E-state index contributed by atoms with van der Waals surface area (Å²) in [4.78, 5) is 2.59. The number of likely N-dealkylation sites (tertiary alicyclic amines) is 1. The Morgan fingerprint density at radius 1 is 1.22 bits per heavy atom. The zero-order valence-electron chi connectivity index (χ0n) is 11.7. The van der Waals surface area contributed by atoms with E-state index in [4.69, 9.17) is 4.74 Å². The molecular weight excluding hydrogens is 222 g/mol. The van der Waals surface area contributed by atoms with Crippen molar-refractivity contribution in [2.45, 2.75) is 39.0 Å². The third-order valence-electron chi connectivity index (χ3n) is 3.77. The van der Waals surface area contributed by atoms with Gasteiger partial charge in [0.2, 0.25) is 0 Å². The Bertz CT molecular complexity index is 356.